The highest BCUT2D eigenvalue weighted by Crippen LogP contribution is 2.39. The Hall–Kier alpha value is -1.71. The highest BCUT2D eigenvalue weighted by molar-refractivity contribution is 5.93. The maximum Gasteiger partial charge on any atom is 0.339 e. The molecule has 2 aliphatic rings. The number of ether oxygens (including phenoxy) is 1. The topological polar surface area (TPSA) is 49.8 Å². The van der Waals surface area contributed by atoms with Gasteiger partial charge >= 0.3 is 5.97 Å². The van der Waals surface area contributed by atoms with Crippen LogP contribution in [0.3, 0.4) is 0 Å². The fourth-order valence-electron chi connectivity index (χ4n) is 3.68. The summed E-state index contributed by atoms with van der Waals surface area (Å²) in [5, 5.41) is 9.31. The van der Waals surface area contributed by atoms with Gasteiger partial charge in [-0.25, -0.2) is 4.79 Å². The van der Waals surface area contributed by atoms with Crippen molar-refractivity contribution in [2.75, 3.05) is 18.1 Å². The summed E-state index contributed by atoms with van der Waals surface area (Å²) >= 11 is 0. The Bertz CT molecular complexity index is 521. The van der Waals surface area contributed by atoms with E-state index in [0.717, 1.165) is 18.2 Å². The molecule has 21 heavy (non-hydrogen) atoms. The Kier molecular flexibility index (Phi) is 4.04. The molecule has 0 amide bonds. The van der Waals surface area contributed by atoms with Crippen molar-refractivity contribution in [3.05, 3.63) is 23.8 Å². The van der Waals surface area contributed by atoms with Crippen LogP contribution < -0.4 is 9.64 Å². The Labute approximate surface area is 125 Å². The number of hydrogen-bond donors (Lipinski definition) is 1. The molecule has 114 valence electrons. The molecule has 3 rings (SSSR count). The molecule has 0 atom stereocenters. The smallest absolute Gasteiger partial charge is 0.339 e. The predicted molar refractivity (Wildman–Crippen MR) is 82.3 cm³/mol. The van der Waals surface area contributed by atoms with Gasteiger partial charge in [0.1, 0.15) is 12.2 Å². The summed E-state index contributed by atoms with van der Waals surface area (Å²) in [6.45, 7) is 3.71. The minimum Gasteiger partial charge on any atom is -0.489 e. The number of para-hydroxylation sites is 1. The van der Waals surface area contributed by atoms with Gasteiger partial charge in [-0.15, -0.1) is 0 Å². The van der Waals surface area contributed by atoms with E-state index in [1.165, 1.54) is 32.1 Å². The average molecular weight is 289 g/mol. The van der Waals surface area contributed by atoms with Crippen molar-refractivity contribution in [1.29, 1.82) is 0 Å². The van der Waals surface area contributed by atoms with Crippen molar-refractivity contribution in [1.82, 2.24) is 0 Å². The van der Waals surface area contributed by atoms with Gasteiger partial charge < -0.3 is 14.7 Å². The number of nitrogens with zero attached hydrogens (tertiary/aromatic N) is 1. The third-order valence-electron chi connectivity index (χ3n) is 4.95. The number of carboxylic acid groups (broad SMARTS) is 1. The highest BCUT2D eigenvalue weighted by atomic mass is 16.5. The quantitative estimate of drug-likeness (QED) is 0.924. The van der Waals surface area contributed by atoms with E-state index in [9.17, 15) is 9.90 Å². The second-order valence-electron chi connectivity index (χ2n) is 6.08. The third-order valence-corrected chi connectivity index (χ3v) is 4.95. The standard InChI is InChI=1S/C17H23NO3/c1-2-12-6-8-13(9-7-12)18-10-11-21-16-14(17(19)20)4-3-5-15(16)18/h3-5,12-13H,2,6-11H2,1H3,(H,19,20). The summed E-state index contributed by atoms with van der Waals surface area (Å²) in [5.74, 6) is 0.504. The van der Waals surface area contributed by atoms with Gasteiger partial charge in [0.25, 0.3) is 0 Å². The lowest BCUT2D eigenvalue weighted by Crippen LogP contribution is -2.43. The SMILES string of the molecule is CCC1CCC(N2CCOc3c(C(=O)O)cccc32)CC1. The van der Waals surface area contributed by atoms with Crippen molar-refractivity contribution < 1.29 is 14.6 Å². The van der Waals surface area contributed by atoms with Crippen LogP contribution in [-0.4, -0.2) is 30.3 Å². The molecular formula is C17H23NO3. The van der Waals surface area contributed by atoms with Gasteiger partial charge in [-0.05, 0) is 43.7 Å². The first-order valence-corrected chi connectivity index (χ1v) is 7.96. The van der Waals surface area contributed by atoms with E-state index in [2.05, 4.69) is 11.8 Å². The molecular weight excluding hydrogens is 266 g/mol. The lowest BCUT2D eigenvalue weighted by molar-refractivity contribution is 0.0691. The van der Waals surface area contributed by atoms with Crippen LogP contribution in [0, 0.1) is 5.92 Å². The number of anilines is 1. The molecule has 1 fully saturated rings. The molecule has 1 saturated carbocycles. The van der Waals surface area contributed by atoms with Crippen LogP contribution in [0.5, 0.6) is 5.75 Å². The van der Waals surface area contributed by atoms with Crippen molar-refractivity contribution in [3.63, 3.8) is 0 Å². The van der Waals surface area contributed by atoms with Crippen LogP contribution in [0.4, 0.5) is 5.69 Å². The molecule has 1 aliphatic heterocycles. The van der Waals surface area contributed by atoms with Crippen molar-refractivity contribution in [2.45, 2.75) is 45.1 Å². The monoisotopic (exact) mass is 289 g/mol. The molecule has 0 spiro atoms. The zero-order valence-corrected chi connectivity index (χ0v) is 12.5. The van der Waals surface area contributed by atoms with E-state index in [-0.39, 0.29) is 5.56 Å². The molecule has 1 aliphatic carbocycles. The molecule has 4 nitrogen and oxygen atoms in total. The van der Waals surface area contributed by atoms with Crippen molar-refractivity contribution >= 4 is 11.7 Å². The van der Waals surface area contributed by atoms with Gasteiger partial charge in [0.15, 0.2) is 5.75 Å². The second kappa shape index (κ2) is 5.96. The largest absolute Gasteiger partial charge is 0.489 e. The Morgan fingerprint density at radius 1 is 1.33 bits per heavy atom. The summed E-state index contributed by atoms with van der Waals surface area (Å²) < 4.78 is 5.66. The molecule has 1 N–H and O–H groups in total. The lowest BCUT2D eigenvalue weighted by Gasteiger charge is -2.41. The van der Waals surface area contributed by atoms with Crippen LogP contribution in [0.1, 0.15) is 49.4 Å². The molecule has 1 aromatic rings. The summed E-state index contributed by atoms with van der Waals surface area (Å²) in [6.07, 6.45) is 6.25. The minimum atomic E-state index is -0.914. The van der Waals surface area contributed by atoms with E-state index in [4.69, 9.17) is 4.74 Å². The van der Waals surface area contributed by atoms with E-state index >= 15 is 0 Å². The maximum absolute atomic E-state index is 11.3. The van der Waals surface area contributed by atoms with Gasteiger partial charge in [0.2, 0.25) is 0 Å². The maximum atomic E-state index is 11.3. The van der Waals surface area contributed by atoms with Gasteiger partial charge in [-0.2, -0.15) is 0 Å². The number of rotatable bonds is 3. The first-order chi connectivity index (χ1) is 10.2. The molecule has 1 heterocycles. The first kappa shape index (κ1) is 14.2. The van der Waals surface area contributed by atoms with Crippen molar-refractivity contribution in [3.8, 4) is 5.75 Å². The Balaban J connectivity index is 1.84. The number of benzene rings is 1. The molecule has 0 aromatic heterocycles. The average Bonchev–Trinajstić information content (AvgIpc) is 2.53. The van der Waals surface area contributed by atoms with E-state index in [1.807, 2.05) is 12.1 Å². The molecule has 0 saturated heterocycles. The highest BCUT2D eigenvalue weighted by Gasteiger charge is 2.30. The second-order valence-corrected chi connectivity index (χ2v) is 6.08. The number of carboxylic acids is 1. The molecule has 0 radical (unpaired) electrons. The number of carbonyl (C=O) groups is 1. The fourth-order valence-corrected chi connectivity index (χ4v) is 3.68. The van der Waals surface area contributed by atoms with Crippen LogP contribution in [0.2, 0.25) is 0 Å². The first-order valence-electron chi connectivity index (χ1n) is 7.96. The van der Waals surface area contributed by atoms with Crippen molar-refractivity contribution in [2.24, 2.45) is 5.92 Å². The van der Waals surface area contributed by atoms with Gasteiger partial charge in [-0.1, -0.05) is 19.4 Å². The molecule has 1 aromatic carbocycles. The Morgan fingerprint density at radius 2 is 2.10 bits per heavy atom. The van der Waals surface area contributed by atoms with Gasteiger partial charge in [-0.3, -0.25) is 0 Å². The van der Waals surface area contributed by atoms with Crippen LogP contribution >= 0.6 is 0 Å². The van der Waals surface area contributed by atoms with Crippen LogP contribution in [0.25, 0.3) is 0 Å². The van der Waals surface area contributed by atoms with Crippen LogP contribution in [0.15, 0.2) is 18.2 Å². The zero-order valence-electron chi connectivity index (χ0n) is 12.5. The van der Waals surface area contributed by atoms with Crippen LogP contribution in [-0.2, 0) is 0 Å². The number of fused-ring (bicyclic) bond motifs is 1. The molecule has 4 heteroatoms. The minimum absolute atomic E-state index is 0.277. The van der Waals surface area contributed by atoms with E-state index in [1.54, 1.807) is 6.07 Å². The van der Waals surface area contributed by atoms with Gasteiger partial charge in [0.05, 0.1) is 12.2 Å². The zero-order chi connectivity index (χ0) is 14.8. The molecule has 0 bridgehead atoms. The molecule has 0 unspecified atom stereocenters. The normalized spacial score (nSPS) is 25.1. The summed E-state index contributed by atoms with van der Waals surface area (Å²) in [4.78, 5) is 13.7. The fraction of sp³-hybridized carbons (Fsp3) is 0.588. The summed E-state index contributed by atoms with van der Waals surface area (Å²) in [5.41, 5.74) is 1.24. The number of hydrogen-bond acceptors (Lipinski definition) is 3. The number of aromatic carboxylic acids is 1. The van der Waals surface area contributed by atoms with E-state index < -0.39 is 5.97 Å². The summed E-state index contributed by atoms with van der Waals surface area (Å²) in [6, 6.07) is 5.96. The lowest BCUT2D eigenvalue weighted by atomic mass is 9.83. The van der Waals surface area contributed by atoms with E-state index in [0.29, 0.717) is 18.4 Å². The van der Waals surface area contributed by atoms with Gasteiger partial charge in [0, 0.05) is 6.04 Å². The third kappa shape index (κ3) is 2.71. The Morgan fingerprint density at radius 3 is 2.76 bits per heavy atom. The summed E-state index contributed by atoms with van der Waals surface area (Å²) in [7, 11) is 0. The predicted octanol–water partition coefficient (Wildman–Crippen LogP) is 3.55.